The maximum atomic E-state index is 10.00. The molecule has 0 atom stereocenters. The van der Waals surface area contributed by atoms with E-state index in [-0.39, 0.29) is 0 Å². The van der Waals surface area contributed by atoms with Gasteiger partial charge in [0, 0.05) is 29.4 Å². The summed E-state index contributed by atoms with van der Waals surface area (Å²) in [5, 5.41) is 10.7. The van der Waals surface area contributed by atoms with Crippen LogP contribution in [0.3, 0.4) is 0 Å². The minimum Gasteiger partial charge on any atom is -0.508 e. The number of anilines is 1. The first-order valence-electron chi connectivity index (χ1n) is 7.04. The summed E-state index contributed by atoms with van der Waals surface area (Å²) in [5.74, 6) is 0.316. The normalized spacial score (nSPS) is 14.8. The molecule has 3 rings (SSSR count). The Balaban J connectivity index is 1.92. The smallest absolute Gasteiger partial charge is 0.120 e. The topological polar surface area (TPSA) is 23.5 Å². The third-order valence-corrected chi connectivity index (χ3v) is 4.09. The number of aryl methyl sites for hydroxylation is 1. The van der Waals surface area contributed by atoms with Crippen molar-refractivity contribution in [2.75, 3.05) is 11.4 Å². The molecule has 0 spiro atoms. The molecular weight excluding hydrogens is 270 g/mol. The van der Waals surface area contributed by atoms with Crippen LogP contribution in [0.4, 0.5) is 5.69 Å². The van der Waals surface area contributed by atoms with Crippen molar-refractivity contribution in [1.29, 1.82) is 0 Å². The molecular formula is C17H18ClNO. The number of para-hydroxylation sites is 1. The van der Waals surface area contributed by atoms with E-state index in [1.54, 1.807) is 12.1 Å². The average molecular weight is 288 g/mol. The number of phenolic OH excluding ortho intramolecular Hbond substituents is 1. The molecule has 0 aliphatic carbocycles. The van der Waals surface area contributed by atoms with Crippen LogP contribution >= 0.6 is 11.6 Å². The SMILES string of the molecule is Oc1ccc(Cl)cc1CN1CCCCc2ccccc21. The summed E-state index contributed by atoms with van der Waals surface area (Å²) >= 11 is 6.04. The van der Waals surface area contributed by atoms with Crippen LogP contribution in [0.25, 0.3) is 0 Å². The molecule has 2 nitrogen and oxygen atoms in total. The van der Waals surface area contributed by atoms with Crippen LogP contribution in [0.15, 0.2) is 42.5 Å². The summed E-state index contributed by atoms with van der Waals surface area (Å²) < 4.78 is 0. The van der Waals surface area contributed by atoms with E-state index in [0.29, 0.717) is 17.3 Å². The van der Waals surface area contributed by atoms with Gasteiger partial charge in [0.1, 0.15) is 5.75 Å². The summed E-state index contributed by atoms with van der Waals surface area (Å²) in [6.45, 7) is 1.71. The zero-order valence-corrected chi connectivity index (χ0v) is 12.1. The standard InChI is InChI=1S/C17H18ClNO/c18-15-8-9-17(20)14(11-15)12-19-10-4-3-6-13-5-1-2-7-16(13)19/h1-2,5,7-9,11,20H,3-4,6,10,12H2. The fourth-order valence-corrected chi connectivity index (χ4v) is 3.01. The van der Waals surface area contributed by atoms with Gasteiger partial charge in [0.25, 0.3) is 0 Å². The van der Waals surface area contributed by atoms with E-state index < -0.39 is 0 Å². The van der Waals surface area contributed by atoms with E-state index in [2.05, 4.69) is 29.2 Å². The van der Waals surface area contributed by atoms with E-state index in [1.165, 1.54) is 24.1 Å². The molecule has 1 N–H and O–H groups in total. The molecule has 3 heteroatoms. The highest BCUT2D eigenvalue weighted by Crippen LogP contribution is 2.30. The van der Waals surface area contributed by atoms with Crippen molar-refractivity contribution >= 4 is 17.3 Å². The van der Waals surface area contributed by atoms with Gasteiger partial charge in [0.2, 0.25) is 0 Å². The van der Waals surface area contributed by atoms with E-state index >= 15 is 0 Å². The van der Waals surface area contributed by atoms with Gasteiger partial charge >= 0.3 is 0 Å². The Bertz CT molecular complexity index is 612. The first kappa shape index (κ1) is 13.3. The highest BCUT2D eigenvalue weighted by atomic mass is 35.5. The maximum absolute atomic E-state index is 10.00. The molecule has 0 bridgehead atoms. The zero-order valence-electron chi connectivity index (χ0n) is 11.3. The molecule has 2 aromatic carbocycles. The lowest BCUT2D eigenvalue weighted by Gasteiger charge is -2.25. The minimum absolute atomic E-state index is 0.316. The highest BCUT2D eigenvalue weighted by Gasteiger charge is 2.16. The summed E-state index contributed by atoms with van der Waals surface area (Å²) in [5.41, 5.74) is 3.56. The molecule has 0 radical (unpaired) electrons. The zero-order chi connectivity index (χ0) is 13.9. The van der Waals surface area contributed by atoms with Crippen molar-refractivity contribution in [3.05, 3.63) is 58.6 Å². The molecule has 0 saturated carbocycles. The lowest BCUT2D eigenvalue weighted by Crippen LogP contribution is -2.23. The lowest BCUT2D eigenvalue weighted by atomic mass is 10.1. The lowest BCUT2D eigenvalue weighted by molar-refractivity contribution is 0.467. The molecule has 104 valence electrons. The number of fused-ring (bicyclic) bond motifs is 1. The van der Waals surface area contributed by atoms with Gasteiger partial charge in [-0.2, -0.15) is 0 Å². The molecule has 0 aromatic heterocycles. The van der Waals surface area contributed by atoms with Gasteiger partial charge in [-0.05, 0) is 49.1 Å². The van der Waals surface area contributed by atoms with Gasteiger partial charge in [0.15, 0.2) is 0 Å². The monoisotopic (exact) mass is 287 g/mol. The van der Waals surface area contributed by atoms with Crippen LogP contribution in [0.1, 0.15) is 24.0 Å². The van der Waals surface area contributed by atoms with Gasteiger partial charge in [-0.3, -0.25) is 0 Å². The summed E-state index contributed by atoms with van der Waals surface area (Å²) in [6, 6.07) is 13.8. The number of rotatable bonds is 2. The third-order valence-electron chi connectivity index (χ3n) is 3.86. The van der Waals surface area contributed by atoms with Crippen LogP contribution in [0.5, 0.6) is 5.75 Å². The number of hydrogen-bond acceptors (Lipinski definition) is 2. The summed E-state index contributed by atoms with van der Waals surface area (Å²) in [4.78, 5) is 2.34. The third kappa shape index (κ3) is 2.75. The van der Waals surface area contributed by atoms with Crippen molar-refractivity contribution in [2.24, 2.45) is 0 Å². The highest BCUT2D eigenvalue weighted by molar-refractivity contribution is 6.30. The van der Waals surface area contributed by atoms with Crippen molar-refractivity contribution < 1.29 is 5.11 Å². The summed E-state index contributed by atoms with van der Waals surface area (Å²) in [7, 11) is 0. The second-order valence-corrected chi connectivity index (χ2v) is 5.72. The van der Waals surface area contributed by atoms with Gasteiger partial charge in [0.05, 0.1) is 0 Å². The molecule has 1 heterocycles. The Hall–Kier alpha value is -1.67. The number of halogens is 1. The molecule has 2 aromatic rings. The van der Waals surface area contributed by atoms with E-state index in [0.717, 1.165) is 18.5 Å². The Morgan fingerprint density at radius 2 is 1.95 bits per heavy atom. The maximum Gasteiger partial charge on any atom is 0.120 e. The number of aromatic hydroxyl groups is 1. The molecule has 0 fully saturated rings. The number of benzene rings is 2. The molecule has 20 heavy (non-hydrogen) atoms. The second-order valence-electron chi connectivity index (χ2n) is 5.28. The van der Waals surface area contributed by atoms with Gasteiger partial charge in [-0.25, -0.2) is 0 Å². The van der Waals surface area contributed by atoms with Crippen LogP contribution in [0, 0.1) is 0 Å². The second kappa shape index (κ2) is 5.76. The first-order chi connectivity index (χ1) is 9.74. The molecule has 1 aliphatic heterocycles. The number of hydrogen-bond donors (Lipinski definition) is 1. The predicted molar refractivity (Wildman–Crippen MR) is 83.5 cm³/mol. The van der Waals surface area contributed by atoms with E-state index in [4.69, 9.17) is 11.6 Å². The van der Waals surface area contributed by atoms with Crippen LogP contribution in [-0.2, 0) is 13.0 Å². The van der Waals surface area contributed by atoms with Crippen molar-refractivity contribution in [2.45, 2.75) is 25.8 Å². The van der Waals surface area contributed by atoms with E-state index in [9.17, 15) is 5.11 Å². The van der Waals surface area contributed by atoms with Gasteiger partial charge < -0.3 is 10.0 Å². The minimum atomic E-state index is 0.316. The number of nitrogens with zero attached hydrogens (tertiary/aromatic N) is 1. The molecule has 0 unspecified atom stereocenters. The fourth-order valence-electron chi connectivity index (χ4n) is 2.82. The van der Waals surface area contributed by atoms with Crippen LogP contribution < -0.4 is 4.90 Å². The van der Waals surface area contributed by atoms with E-state index in [1.807, 2.05) is 6.07 Å². The van der Waals surface area contributed by atoms with Gasteiger partial charge in [-0.1, -0.05) is 29.8 Å². The quantitative estimate of drug-likeness (QED) is 0.885. The van der Waals surface area contributed by atoms with Gasteiger partial charge in [-0.15, -0.1) is 0 Å². The molecule has 1 aliphatic rings. The predicted octanol–water partition coefficient (Wildman–Crippen LogP) is 4.39. The number of phenols is 1. The Kier molecular flexibility index (Phi) is 3.83. The van der Waals surface area contributed by atoms with Crippen LogP contribution in [0.2, 0.25) is 5.02 Å². The first-order valence-corrected chi connectivity index (χ1v) is 7.42. The molecule has 0 saturated heterocycles. The van der Waals surface area contributed by atoms with Crippen molar-refractivity contribution in [1.82, 2.24) is 0 Å². The average Bonchev–Trinajstić information content (AvgIpc) is 2.66. The largest absolute Gasteiger partial charge is 0.508 e. The van der Waals surface area contributed by atoms with Crippen LogP contribution in [-0.4, -0.2) is 11.7 Å². The Labute approximate surface area is 124 Å². The summed E-state index contributed by atoms with van der Waals surface area (Å²) in [6.07, 6.45) is 3.53. The Morgan fingerprint density at radius 3 is 2.85 bits per heavy atom. The fraction of sp³-hybridized carbons (Fsp3) is 0.294. The van der Waals surface area contributed by atoms with Crippen molar-refractivity contribution in [3.8, 4) is 5.75 Å². The Morgan fingerprint density at radius 1 is 1.10 bits per heavy atom. The molecule has 0 amide bonds. The van der Waals surface area contributed by atoms with Crippen molar-refractivity contribution in [3.63, 3.8) is 0 Å².